The summed E-state index contributed by atoms with van der Waals surface area (Å²) >= 11 is 0. The summed E-state index contributed by atoms with van der Waals surface area (Å²) in [6.45, 7) is 1.85. The summed E-state index contributed by atoms with van der Waals surface area (Å²) in [5, 5.41) is 8.35. The van der Waals surface area contributed by atoms with Gasteiger partial charge in [0, 0.05) is 18.7 Å². The Kier molecular flexibility index (Phi) is 4.37. The zero-order valence-electron chi connectivity index (χ0n) is 12.7. The fraction of sp³-hybridized carbons (Fsp3) is 0.438. The number of nitrogens with one attached hydrogen (secondary N) is 1. The summed E-state index contributed by atoms with van der Waals surface area (Å²) in [7, 11) is 1.61. The summed E-state index contributed by atoms with van der Waals surface area (Å²) in [5.41, 5.74) is 0.859. The topological polar surface area (TPSA) is 71.1 Å². The molecule has 2 aromatic rings. The van der Waals surface area contributed by atoms with E-state index in [1.807, 2.05) is 12.1 Å². The van der Waals surface area contributed by atoms with Crippen molar-refractivity contribution in [1.82, 2.24) is 15.2 Å². The van der Waals surface area contributed by atoms with E-state index < -0.39 is 0 Å². The second-order valence-electron chi connectivity index (χ2n) is 5.46. The first-order valence-electron chi connectivity index (χ1n) is 7.64. The van der Waals surface area contributed by atoms with Gasteiger partial charge in [0.2, 0.25) is 5.95 Å². The fourth-order valence-corrected chi connectivity index (χ4v) is 2.69. The number of aromatic amines is 1. The molecule has 0 atom stereocenters. The Hall–Kier alpha value is -2.37. The van der Waals surface area contributed by atoms with E-state index in [2.05, 4.69) is 20.1 Å². The van der Waals surface area contributed by atoms with Crippen molar-refractivity contribution in [2.45, 2.75) is 25.7 Å². The van der Waals surface area contributed by atoms with E-state index >= 15 is 0 Å². The Morgan fingerprint density at radius 1 is 1.05 bits per heavy atom. The van der Waals surface area contributed by atoms with Crippen molar-refractivity contribution >= 4 is 5.95 Å². The predicted molar refractivity (Wildman–Crippen MR) is 85.3 cm³/mol. The Morgan fingerprint density at radius 2 is 1.73 bits per heavy atom. The molecule has 1 aliphatic heterocycles. The maximum atomic E-state index is 12.3. The average Bonchev–Trinajstić information content (AvgIpc) is 2.84. The van der Waals surface area contributed by atoms with Crippen molar-refractivity contribution in [1.29, 1.82) is 0 Å². The number of hydrogen-bond acceptors (Lipinski definition) is 5. The number of ether oxygens (including phenoxy) is 1. The van der Waals surface area contributed by atoms with Gasteiger partial charge in [0.25, 0.3) is 5.56 Å². The third-order valence-corrected chi connectivity index (χ3v) is 3.95. The van der Waals surface area contributed by atoms with Gasteiger partial charge in [-0.2, -0.15) is 0 Å². The molecule has 1 saturated heterocycles. The largest absolute Gasteiger partial charge is 0.497 e. The molecule has 2 heterocycles. The Bertz CT molecular complexity index is 673. The molecule has 0 amide bonds. The number of rotatable bonds is 3. The smallest absolute Gasteiger partial charge is 0.279 e. The van der Waals surface area contributed by atoms with E-state index in [0.29, 0.717) is 11.6 Å². The van der Waals surface area contributed by atoms with Crippen molar-refractivity contribution < 1.29 is 4.74 Å². The van der Waals surface area contributed by atoms with E-state index in [0.717, 1.165) is 37.2 Å². The highest BCUT2D eigenvalue weighted by molar-refractivity contribution is 5.59. The van der Waals surface area contributed by atoms with E-state index in [1.54, 1.807) is 19.2 Å². The monoisotopic (exact) mass is 300 g/mol. The van der Waals surface area contributed by atoms with E-state index in [-0.39, 0.29) is 5.56 Å². The summed E-state index contributed by atoms with van der Waals surface area (Å²) in [4.78, 5) is 17.3. The summed E-state index contributed by atoms with van der Waals surface area (Å²) in [5.74, 6) is 1.32. The molecular weight excluding hydrogens is 280 g/mol. The maximum absolute atomic E-state index is 12.3. The highest BCUT2D eigenvalue weighted by Gasteiger charge is 2.14. The van der Waals surface area contributed by atoms with Crippen LogP contribution in [0.5, 0.6) is 5.75 Å². The minimum absolute atomic E-state index is 0.209. The lowest BCUT2D eigenvalue weighted by molar-refractivity contribution is 0.415. The first kappa shape index (κ1) is 14.6. The predicted octanol–water partition coefficient (Wildman–Crippen LogP) is 2.22. The molecular formula is C16H20N4O2. The highest BCUT2D eigenvalue weighted by Crippen LogP contribution is 2.18. The molecule has 116 valence electrons. The van der Waals surface area contributed by atoms with Gasteiger partial charge in [0.05, 0.1) is 7.11 Å². The van der Waals surface area contributed by atoms with Crippen molar-refractivity contribution in [3.8, 4) is 17.0 Å². The number of methoxy groups -OCH3 is 1. The van der Waals surface area contributed by atoms with Crippen LogP contribution < -0.4 is 15.2 Å². The van der Waals surface area contributed by atoms with Gasteiger partial charge in [-0.05, 0) is 37.1 Å². The molecule has 1 aromatic carbocycles. The van der Waals surface area contributed by atoms with Gasteiger partial charge in [-0.3, -0.25) is 9.78 Å². The van der Waals surface area contributed by atoms with Crippen molar-refractivity contribution in [3.05, 3.63) is 34.6 Å². The molecule has 6 nitrogen and oxygen atoms in total. The number of hydrogen-bond donors (Lipinski definition) is 1. The molecule has 0 radical (unpaired) electrons. The van der Waals surface area contributed by atoms with Crippen LogP contribution in [0.2, 0.25) is 0 Å². The molecule has 1 fully saturated rings. The average molecular weight is 300 g/mol. The molecule has 0 spiro atoms. The molecule has 1 aromatic heterocycles. The van der Waals surface area contributed by atoms with Gasteiger partial charge in [0.1, 0.15) is 5.75 Å². The fourth-order valence-electron chi connectivity index (χ4n) is 2.69. The van der Waals surface area contributed by atoms with Crippen molar-refractivity contribution in [2.24, 2.45) is 0 Å². The molecule has 0 saturated carbocycles. The molecule has 3 rings (SSSR count). The second kappa shape index (κ2) is 6.60. The Morgan fingerprint density at radius 3 is 2.32 bits per heavy atom. The number of aromatic nitrogens is 3. The third kappa shape index (κ3) is 3.10. The van der Waals surface area contributed by atoms with Gasteiger partial charge in [-0.25, -0.2) is 0 Å². The number of H-pyrrole nitrogens is 1. The van der Waals surface area contributed by atoms with E-state index in [4.69, 9.17) is 4.74 Å². The van der Waals surface area contributed by atoms with Crippen LogP contribution in [-0.2, 0) is 0 Å². The minimum atomic E-state index is -0.209. The van der Waals surface area contributed by atoms with Crippen LogP contribution in [0.3, 0.4) is 0 Å². The van der Waals surface area contributed by atoms with Crippen LogP contribution in [0.25, 0.3) is 11.3 Å². The van der Waals surface area contributed by atoms with E-state index in [1.165, 1.54) is 12.8 Å². The minimum Gasteiger partial charge on any atom is -0.497 e. The number of benzene rings is 1. The van der Waals surface area contributed by atoms with Crippen LogP contribution in [0.4, 0.5) is 5.95 Å². The quantitative estimate of drug-likeness (QED) is 0.941. The van der Waals surface area contributed by atoms with Gasteiger partial charge < -0.3 is 9.64 Å². The maximum Gasteiger partial charge on any atom is 0.279 e. The van der Waals surface area contributed by atoms with Gasteiger partial charge in [-0.15, -0.1) is 10.2 Å². The standard InChI is InChI=1S/C16H20N4O2/c1-22-13-8-6-12(7-9-13)14-15(21)17-16(19-18-14)20-10-4-2-3-5-11-20/h6-9H,2-5,10-11H2,1H3,(H,17,19,21). The van der Waals surface area contributed by atoms with Crippen molar-refractivity contribution in [2.75, 3.05) is 25.1 Å². The van der Waals surface area contributed by atoms with Crippen LogP contribution in [0, 0.1) is 0 Å². The third-order valence-electron chi connectivity index (χ3n) is 3.95. The lowest BCUT2D eigenvalue weighted by atomic mass is 10.1. The first-order chi connectivity index (χ1) is 10.8. The van der Waals surface area contributed by atoms with Crippen LogP contribution >= 0.6 is 0 Å². The van der Waals surface area contributed by atoms with Crippen molar-refractivity contribution in [3.63, 3.8) is 0 Å². The van der Waals surface area contributed by atoms with E-state index in [9.17, 15) is 4.79 Å². The molecule has 22 heavy (non-hydrogen) atoms. The lowest BCUT2D eigenvalue weighted by Crippen LogP contribution is -2.29. The molecule has 0 aliphatic carbocycles. The summed E-state index contributed by atoms with van der Waals surface area (Å²) < 4.78 is 5.12. The first-order valence-corrected chi connectivity index (χ1v) is 7.64. The lowest BCUT2D eigenvalue weighted by Gasteiger charge is -2.19. The van der Waals surface area contributed by atoms with Gasteiger partial charge in [-0.1, -0.05) is 12.8 Å². The second-order valence-corrected chi connectivity index (χ2v) is 5.46. The molecule has 6 heteroatoms. The van der Waals surface area contributed by atoms with Crippen LogP contribution in [0.1, 0.15) is 25.7 Å². The number of anilines is 1. The Labute approximate surface area is 129 Å². The van der Waals surface area contributed by atoms with Crippen LogP contribution in [-0.4, -0.2) is 35.4 Å². The molecule has 0 unspecified atom stereocenters. The highest BCUT2D eigenvalue weighted by atomic mass is 16.5. The zero-order valence-corrected chi connectivity index (χ0v) is 12.7. The summed E-state index contributed by atoms with van der Waals surface area (Å²) in [6, 6.07) is 7.23. The molecule has 1 aliphatic rings. The Balaban J connectivity index is 1.86. The van der Waals surface area contributed by atoms with Gasteiger partial charge >= 0.3 is 0 Å². The zero-order chi connectivity index (χ0) is 15.4. The molecule has 1 N–H and O–H groups in total. The number of nitrogens with zero attached hydrogens (tertiary/aromatic N) is 3. The molecule has 0 bridgehead atoms. The normalized spacial score (nSPS) is 15.4. The SMILES string of the molecule is COc1ccc(-c2nnc(N3CCCCCC3)[nH]c2=O)cc1. The van der Waals surface area contributed by atoms with Gasteiger partial charge in [0.15, 0.2) is 5.69 Å². The summed E-state index contributed by atoms with van der Waals surface area (Å²) in [6.07, 6.45) is 4.73. The van der Waals surface area contributed by atoms with Crippen LogP contribution in [0.15, 0.2) is 29.1 Å².